The lowest BCUT2D eigenvalue weighted by Gasteiger charge is -2.36. The van der Waals surface area contributed by atoms with Gasteiger partial charge < -0.3 is 15.1 Å². The number of halogens is 2. The summed E-state index contributed by atoms with van der Waals surface area (Å²) in [6.45, 7) is 8.15. The summed E-state index contributed by atoms with van der Waals surface area (Å²) in [5.41, 5.74) is 2.40. The van der Waals surface area contributed by atoms with E-state index in [1.54, 1.807) is 0 Å². The second-order valence-electron chi connectivity index (χ2n) is 9.15. The van der Waals surface area contributed by atoms with Gasteiger partial charge in [-0.25, -0.2) is 8.78 Å². The van der Waals surface area contributed by atoms with Gasteiger partial charge in [0, 0.05) is 70.0 Å². The minimum absolute atomic E-state index is 0.0125. The van der Waals surface area contributed by atoms with Gasteiger partial charge in [-0.15, -0.1) is 0 Å². The Kier molecular flexibility index (Phi) is 7.77. The third-order valence-electron chi connectivity index (χ3n) is 6.78. The van der Waals surface area contributed by atoms with E-state index in [-0.39, 0.29) is 17.4 Å². The fourth-order valence-electron chi connectivity index (χ4n) is 4.71. The van der Waals surface area contributed by atoms with Crippen LogP contribution in [0, 0.1) is 24.5 Å². The van der Waals surface area contributed by atoms with Crippen LogP contribution in [0.2, 0.25) is 0 Å². The average molecular weight is 471 g/mol. The first-order chi connectivity index (χ1) is 16.4. The van der Waals surface area contributed by atoms with Crippen molar-refractivity contribution in [3.63, 3.8) is 0 Å². The molecule has 2 fully saturated rings. The number of hydrogen-bond donors (Lipinski definition) is 1. The van der Waals surface area contributed by atoms with Crippen molar-refractivity contribution in [3.05, 3.63) is 65.2 Å². The molecule has 2 aliphatic heterocycles. The van der Waals surface area contributed by atoms with Gasteiger partial charge in [-0.3, -0.25) is 14.5 Å². The van der Waals surface area contributed by atoms with Crippen molar-refractivity contribution in [2.75, 3.05) is 57.3 Å². The minimum atomic E-state index is -0.857. The second kappa shape index (κ2) is 11.0. The van der Waals surface area contributed by atoms with Crippen LogP contribution in [0.25, 0.3) is 0 Å². The van der Waals surface area contributed by atoms with Crippen LogP contribution < -0.4 is 10.2 Å². The molecule has 1 N–H and O–H groups in total. The maximum Gasteiger partial charge on any atom is 0.256 e. The summed E-state index contributed by atoms with van der Waals surface area (Å²) in [6.07, 6.45) is 1.07. The van der Waals surface area contributed by atoms with Crippen molar-refractivity contribution in [1.82, 2.24) is 15.1 Å². The number of piperazine rings is 1. The molecule has 2 heterocycles. The fraction of sp³-hybridized carbons (Fsp3) is 0.462. The van der Waals surface area contributed by atoms with Gasteiger partial charge in [0.15, 0.2) is 0 Å². The van der Waals surface area contributed by atoms with Gasteiger partial charge in [-0.05, 0) is 49.6 Å². The van der Waals surface area contributed by atoms with Gasteiger partial charge in [0.25, 0.3) is 5.91 Å². The Morgan fingerprint density at radius 1 is 0.971 bits per heavy atom. The van der Waals surface area contributed by atoms with E-state index in [2.05, 4.69) is 46.3 Å². The largest absolute Gasteiger partial charge is 0.369 e. The molecule has 0 radical (unpaired) electrons. The number of likely N-dealkylation sites (tertiary alicyclic amines) is 1. The summed E-state index contributed by atoms with van der Waals surface area (Å²) < 4.78 is 27.0. The normalized spacial score (nSPS) is 17.6. The molecule has 2 aliphatic rings. The standard InChI is InChI=1S/C26H32F2N4O2/c1-19-3-2-4-22(17-19)31-15-13-30(14-16-31)12-9-29-25(33)20-7-10-32(11-8-20)26(34)23-6-5-21(27)18-24(23)28/h2-6,17-18,20H,7-16H2,1H3,(H,29,33). The van der Waals surface area contributed by atoms with Gasteiger partial charge in [-0.2, -0.15) is 0 Å². The summed E-state index contributed by atoms with van der Waals surface area (Å²) in [4.78, 5) is 31.4. The molecule has 0 bridgehead atoms. The number of amides is 2. The van der Waals surface area contributed by atoms with Gasteiger partial charge in [0.1, 0.15) is 11.6 Å². The van der Waals surface area contributed by atoms with E-state index in [0.717, 1.165) is 44.9 Å². The van der Waals surface area contributed by atoms with Crippen LogP contribution in [0.4, 0.5) is 14.5 Å². The first-order valence-electron chi connectivity index (χ1n) is 12.0. The molecule has 0 aromatic heterocycles. The molecule has 0 saturated carbocycles. The molecule has 34 heavy (non-hydrogen) atoms. The van der Waals surface area contributed by atoms with Crippen molar-refractivity contribution < 1.29 is 18.4 Å². The van der Waals surface area contributed by atoms with E-state index in [4.69, 9.17) is 0 Å². The number of nitrogens with one attached hydrogen (secondary N) is 1. The zero-order valence-electron chi connectivity index (χ0n) is 19.6. The Morgan fingerprint density at radius 2 is 1.71 bits per heavy atom. The number of piperidine rings is 1. The molecule has 0 unspecified atom stereocenters. The molecular formula is C26H32F2N4O2. The Balaban J connectivity index is 1.16. The number of nitrogens with zero attached hydrogens (tertiary/aromatic N) is 3. The van der Waals surface area contributed by atoms with Crippen molar-refractivity contribution in [1.29, 1.82) is 0 Å². The topological polar surface area (TPSA) is 55.9 Å². The highest BCUT2D eigenvalue weighted by molar-refractivity contribution is 5.94. The molecule has 8 heteroatoms. The number of aryl methyl sites for hydroxylation is 1. The van der Waals surface area contributed by atoms with Crippen LogP contribution in [-0.4, -0.2) is 74.0 Å². The molecular weight excluding hydrogens is 438 g/mol. The Labute approximate surface area is 199 Å². The first kappa shape index (κ1) is 24.1. The molecule has 4 rings (SSSR count). The monoisotopic (exact) mass is 470 g/mol. The van der Waals surface area contributed by atoms with E-state index < -0.39 is 17.5 Å². The van der Waals surface area contributed by atoms with Crippen molar-refractivity contribution in [3.8, 4) is 0 Å². The quantitative estimate of drug-likeness (QED) is 0.705. The number of carbonyl (C=O) groups is 2. The van der Waals surface area contributed by atoms with Crippen LogP contribution in [0.1, 0.15) is 28.8 Å². The van der Waals surface area contributed by atoms with Gasteiger partial charge >= 0.3 is 0 Å². The number of benzene rings is 2. The van der Waals surface area contributed by atoms with Crippen LogP contribution >= 0.6 is 0 Å². The molecule has 182 valence electrons. The summed E-state index contributed by atoms with van der Waals surface area (Å²) >= 11 is 0. The number of rotatable bonds is 6. The molecule has 0 aliphatic carbocycles. The van der Waals surface area contributed by atoms with Crippen LogP contribution in [-0.2, 0) is 4.79 Å². The van der Waals surface area contributed by atoms with Crippen LogP contribution in [0.5, 0.6) is 0 Å². The van der Waals surface area contributed by atoms with Gasteiger partial charge in [0.2, 0.25) is 5.91 Å². The third-order valence-corrected chi connectivity index (χ3v) is 6.78. The number of carbonyl (C=O) groups excluding carboxylic acids is 2. The molecule has 2 saturated heterocycles. The fourth-order valence-corrected chi connectivity index (χ4v) is 4.71. The lowest BCUT2D eigenvalue weighted by Crippen LogP contribution is -2.49. The summed E-state index contributed by atoms with van der Waals surface area (Å²) in [7, 11) is 0. The summed E-state index contributed by atoms with van der Waals surface area (Å²) in [5.74, 6) is -2.16. The van der Waals surface area contributed by atoms with Crippen molar-refractivity contribution in [2.24, 2.45) is 5.92 Å². The predicted molar refractivity (Wildman–Crippen MR) is 128 cm³/mol. The lowest BCUT2D eigenvalue weighted by molar-refractivity contribution is -0.126. The highest BCUT2D eigenvalue weighted by Crippen LogP contribution is 2.21. The zero-order valence-corrected chi connectivity index (χ0v) is 19.6. The first-order valence-corrected chi connectivity index (χ1v) is 12.0. The third kappa shape index (κ3) is 5.91. The molecule has 2 aromatic carbocycles. The van der Waals surface area contributed by atoms with Crippen LogP contribution in [0.3, 0.4) is 0 Å². The predicted octanol–water partition coefficient (Wildman–Crippen LogP) is 3.06. The minimum Gasteiger partial charge on any atom is -0.369 e. The Bertz CT molecular complexity index is 1020. The number of hydrogen-bond acceptors (Lipinski definition) is 4. The Hall–Kier alpha value is -3.00. The van der Waals surface area contributed by atoms with Gasteiger partial charge in [-0.1, -0.05) is 12.1 Å². The van der Waals surface area contributed by atoms with E-state index in [0.29, 0.717) is 32.5 Å². The maximum absolute atomic E-state index is 13.9. The molecule has 0 spiro atoms. The molecule has 2 aromatic rings. The van der Waals surface area contributed by atoms with Gasteiger partial charge in [0.05, 0.1) is 5.56 Å². The lowest BCUT2D eigenvalue weighted by atomic mass is 9.95. The second-order valence-corrected chi connectivity index (χ2v) is 9.15. The average Bonchev–Trinajstić information content (AvgIpc) is 2.84. The summed E-state index contributed by atoms with van der Waals surface area (Å²) in [5, 5.41) is 3.04. The van der Waals surface area contributed by atoms with E-state index in [1.807, 2.05) is 0 Å². The zero-order chi connectivity index (χ0) is 24.1. The van der Waals surface area contributed by atoms with Crippen molar-refractivity contribution >= 4 is 17.5 Å². The highest BCUT2D eigenvalue weighted by Gasteiger charge is 2.29. The van der Waals surface area contributed by atoms with Crippen molar-refractivity contribution in [2.45, 2.75) is 19.8 Å². The SMILES string of the molecule is Cc1cccc(N2CCN(CCNC(=O)C3CCN(C(=O)c4ccc(F)cc4F)CC3)CC2)c1. The number of anilines is 1. The highest BCUT2D eigenvalue weighted by atomic mass is 19.1. The molecule has 6 nitrogen and oxygen atoms in total. The van der Waals surface area contributed by atoms with E-state index in [9.17, 15) is 18.4 Å². The molecule has 2 amide bonds. The van der Waals surface area contributed by atoms with Crippen LogP contribution in [0.15, 0.2) is 42.5 Å². The smallest absolute Gasteiger partial charge is 0.256 e. The van der Waals surface area contributed by atoms with E-state index in [1.165, 1.54) is 22.2 Å². The van der Waals surface area contributed by atoms with E-state index >= 15 is 0 Å². The Morgan fingerprint density at radius 3 is 2.38 bits per heavy atom. The molecule has 0 atom stereocenters. The summed E-state index contributed by atoms with van der Waals surface area (Å²) in [6, 6.07) is 11.5. The maximum atomic E-state index is 13.9.